The van der Waals surface area contributed by atoms with Crippen molar-refractivity contribution in [3.63, 3.8) is 0 Å². The second-order valence-electron chi connectivity index (χ2n) is 3.80. The van der Waals surface area contributed by atoms with Gasteiger partial charge in [-0.05, 0) is 43.5 Å². The molecular formula is C13H17O4. The van der Waals surface area contributed by atoms with E-state index in [2.05, 4.69) is 0 Å². The van der Waals surface area contributed by atoms with Crippen molar-refractivity contribution in [3.05, 3.63) is 29.8 Å². The molecule has 0 aromatic heterocycles. The monoisotopic (exact) mass is 237 g/mol. The molecule has 0 aliphatic heterocycles. The van der Waals surface area contributed by atoms with Gasteiger partial charge in [0.05, 0.1) is 12.2 Å². The molecule has 0 fully saturated rings. The Balaban J connectivity index is 2.21. The van der Waals surface area contributed by atoms with E-state index in [4.69, 9.17) is 9.84 Å². The molecular weight excluding hydrogens is 220 g/mol. The van der Waals surface area contributed by atoms with Crippen LogP contribution >= 0.6 is 0 Å². The zero-order chi connectivity index (χ0) is 12.5. The molecule has 0 aliphatic rings. The first-order valence-corrected chi connectivity index (χ1v) is 5.79. The second kappa shape index (κ2) is 7.68. The highest BCUT2D eigenvalue weighted by molar-refractivity contribution is 5.87. The van der Waals surface area contributed by atoms with Crippen LogP contribution in [0.15, 0.2) is 24.3 Å². The Morgan fingerprint density at radius 1 is 1.06 bits per heavy atom. The molecule has 4 heteroatoms. The number of unbranched alkanes of at least 4 members (excludes halogenated alkanes) is 3. The van der Waals surface area contributed by atoms with Crippen molar-refractivity contribution in [2.75, 3.05) is 13.2 Å². The first-order valence-electron chi connectivity index (χ1n) is 5.79. The number of aliphatic hydroxyl groups is 1. The smallest absolute Gasteiger partial charge is 0.386 e. The van der Waals surface area contributed by atoms with Gasteiger partial charge in [-0.15, -0.1) is 0 Å². The van der Waals surface area contributed by atoms with Crippen molar-refractivity contribution < 1.29 is 19.7 Å². The van der Waals surface area contributed by atoms with Crippen LogP contribution in [0.25, 0.3) is 0 Å². The first kappa shape index (κ1) is 13.5. The van der Waals surface area contributed by atoms with Crippen LogP contribution in [0.1, 0.15) is 36.0 Å². The molecule has 93 valence electrons. The fourth-order valence-corrected chi connectivity index (χ4v) is 1.44. The summed E-state index contributed by atoms with van der Waals surface area (Å²) in [5.74, 6) is -0.516. The van der Waals surface area contributed by atoms with Crippen molar-refractivity contribution in [2.45, 2.75) is 25.7 Å². The highest BCUT2D eigenvalue weighted by Gasteiger charge is 2.03. The third kappa shape index (κ3) is 5.36. The molecule has 17 heavy (non-hydrogen) atoms. The number of hydrogen-bond acceptors (Lipinski definition) is 3. The topological polar surface area (TPSA) is 66.4 Å². The van der Waals surface area contributed by atoms with Crippen LogP contribution in [0, 0.1) is 0 Å². The highest BCUT2D eigenvalue weighted by Crippen LogP contribution is 2.13. The van der Waals surface area contributed by atoms with E-state index in [0.29, 0.717) is 12.4 Å². The minimum atomic E-state index is -1.18. The van der Waals surface area contributed by atoms with Crippen LogP contribution in [-0.2, 0) is 5.11 Å². The third-order valence-corrected chi connectivity index (χ3v) is 2.41. The molecule has 0 saturated heterocycles. The minimum Gasteiger partial charge on any atom is -0.494 e. The van der Waals surface area contributed by atoms with Crippen molar-refractivity contribution in [3.8, 4) is 5.75 Å². The standard InChI is InChI=1S/C13H17O4/c14-9-3-1-2-4-10-17-12-7-5-11(6-8-12)13(15)16/h5-8,14H,1-4,9-10H2. The first-order chi connectivity index (χ1) is 8.24. The molecule has 1 radical (unpaired) electrons. The van der Waals surface area contributed by atoms with E-state index in [0.717, 1.165) is 25.7 Å². The molecule has 0 saturated carbocycles. The molecule has 0 amide bonds. The summed E-state index contributed by atoms with van der Waals surface area (Å²) in [7, 11) is 0. The second-order valence-corrected chi connectivity index (χ2v) is 3.80. The summed E-state index contributed by atoms with van der Waals surface area (Å²) in [6.07, 6.45) is 3.80. The lowest BCUT2D eigenvalue weighted by molar-refractivity contribution is 0.0573. The summed E-state index contributed by atoms with van der Waals surface area (Å²) >= 11 is 0. The number of ether oxygens (including phenoxy) is 1. The maximum atomic E-state index is 10.5. The molecule has 0 atom stereocenters. The number of carbonyl (C=O) groups is 1. The van der Waals surface area contributed by atoms with Gasteiger partial charge < -0.3 is 9.84 Å². The van der Waals surface area contributed by atoms with Gasteiger partial charge in [-0.25, -0.2) is 9.90 Å². The Kier molecular flexibility index (Phi) is 6.10. The number of carbonyl (C=O) groups excluding carboxylic acids is 1. The largest absolute Gasteiger partial charge is 0.494 e. The van der Waals surface area contributed by atoms with Crippen LogP contribution in [0.5, 0.6) is 5.75 Å². The van der Waals surface area contributed by atoms with E-state index in [-0.39, 0.29) is 12.2 Å². The molecule has 0 spiro atoms. The predicted molar refractivity (Wildman–Crippen MR) is 62.5 cm³/mol. The van der Waals surface area contributed by atoms with E-state index in [9.17, 15) is 9.90 Å². The third-order valence-electron chi connectivity index (χ3n) is 2.41. The lowest BCUT2D eigenvalue weighted by atomic mass is 10.2. The Hall–Kier alpha value is -1.55. The maximum absolute atomic E-state index is 10.5. The molecule has 0 unspecified atom stereocenters. The van der Waals surface area contributed by atoms with Gasteiger partial charge in [0.1, 0.15) is 5.75 Å². The van der Waals surface area contributed by atoms with Crippen molar-refractivity contribution in [2.24, 2.45) is 0 Å². The lowest BCUT2D eigenvalue weighted by Crippen LogP contribution is -1.99. The average molecular weight is 237 g/mol. The SMILES string of the molecule is [O]C(=O)c1ccc(OCCCCCCO)cc1. The number of hydrogen-bond donors (Lipinski definition) is 1. The van der Waals surface area contributed by atoms with Crippen LogP contribution < -0.4 is 4.74 Å². The summed E-state index contributed by atoms with van der Waals surface area (Å²) in [5.41, 5.74) is 0.153. The summed E-state index contributed by atoms with van der Waals surface area (Å²) in [5, 5.41) is 19.1. The number of rotatable bonds is 8. The fraction of sp³-hybridized carbons (Fsp3) is 0.462. The zero-order valence-electron chi connectivity index (χ0n) is 9.72. The van der Waals surface area contributed by atoms with E-state index in [1.165, 1.54) is 12.1 Å². The Morgan fingerprint density at radius 2 is 1.71 bits per heavy atom. The van der Waals surface area contributed by atoms with Gasteiger partial charge in [0, 0.05) is 6.61 Å². The lowest BCUT2D eigenvalue weighted by Gasteiger charge is -2.05. The molecule has 1 N–H and O–H groups in total. The van der Waals surface area contributed by atoms with E-state index in [1.54, 1.807) is 12.1 Å². The van der Waals surface area contributed by atoms with Crippen molar-refractivity contribution in [1.82, 2.24) is 0 Å². The maximum Gasteiger partial charge on any atom is 0.386 e. The summed E-state index contributed by atoms with van der Waals surface area (Å²) < 4.78 is 5.45. The van der Waals surface area contributed by atoms with Crippen molar-refractivity contribution in [1.29, 1.82) is 0 Å². The molecule has 1 rings (SSSR count). The quantitative estimate of drug-likeness (QED) is 0.705. The molecule has 0 heterocycles. The van der Waals surface area contributed by atoms with Crippen LogP contribution in [0.4, 0.5) is 0 Å². The summed E-state index contributed by atoms with van der Waals surface area (Å²) in [4.78, 5) is 10.5. The Morgan fingerprint density at radius 3 is 2.29 bits per heavy atom. The molecule has 1 aromatic rings. The molecule has 4 nitrogen and oxygen atoms in total. The highest BCUT2D eigenvalue weighted by atomic mass is 16.5. The van der Waals surface area contributed by atoms with Gasteiger partial charge >= 0.3 is 5.97 Å². The van der Waals surface area contributed by atoms with Crippen LogP contribution in [0.2, 0.25) is 0 Å². The van der Waals surface area contributed by atoms with E-state index < -0.39 is 5.97 Å². The van der Waals surface area contributed by atoms with Crippen LogP contribution in [0.3, 0.4) is 0 Å². The summed E-state index contributed by atoms with van der Waals surface area (Å²) in [6, 6.07) is 6.19. The van der Waals surface area contributed by atoms with Gasteiger partial charge in [-0.2, -0.15) is 0 Å². The number of benzene rings is 1. The molecule has 0 bridgehead atoms. The van der Waals surface area contributed by atoms with Gasteiger partial charge in [0.2, 0.25) is 0 Å². The Bertz CT molecular complexity index is 332. The average Bonchev–Trinajstić information content (AvgIpc) is 2.34. The van der Waals surface area contributed by atoms with E-state index >= 15 is 0 Å². The Labute approximate surface area is 101 Å². The van der Waals surface area contributed by atoms with Gasteiger partial charge in [-0.1, -0.05) is 6.42 Å². The molecule has 0 aliphatic carbocycles. The van der Waals surface area contributed by atoms with E-state index in [1.807, 2.05) is 0 Å². The van der Waals surface area contributed by atoms with Gasteiger partial charge in [-0.3, -0.25) is 0 Å². The zero-order valence-corrected chi connectivity index (χ0v) is 9.72. The molecule has 1 aromatic carbocycles. The normalized spacial score (nSPS) is 10.2. The predicted octanol–water partition coefficient (Wildman–Crippen LogP) is 2.19. The van der Waals surface area contributed by atoms with Crippen LogP contribution in [-0.4, -0.2) is 24.3 Å². The van der Waals surface area contributed by atoms with Gasteiger partial charge in [0.15, 0.2) is 0 Å². The van der Waals surface area contributed by atoms with Gasteiger partial charge in [0.25, 0.3) is 0 Å². The fourth-order valence-electron chi connectivity index (χ4n) is 1.44. The number of aliphatic hydroxyl groups excluding tert-OH is 1. The summed E-state index contributed by atoms with van der Waals surface area (Å²) in [6.45, 7) is 0.849. The van der Waals surface area contributed by atoms with Crippen molar-refractivity contribution >= 4 is 5.97 Å². The minimum absolute atomic E-state index is 0.153.